The largest absolute Gasteiger partial charge is 0.377 e. The van der Waals surface area contributed by atoms with Crippen LogP contribution in [0, 0.1) is 6.92 Å². The summed E-state index contributed by atoms with van der Waals surface area (Å²) in [6.45, 7) is 6.15. The molecule has 1 saturated heterocycles. The molecule has 1 aliphatic rings. The van der Waals surface area contributed by atoms with E-state index in [0.29, 0.717) is 28.0 Å². The second-order valence-electron chi connectivity index (χ2n) is 10.7. The minimum atomic E-state index is -0.178. The van der Waals surface area contributed by atoms with Crippen molar-refractivity contribution in [1.29, 1.82) is 0 Å². The minimum Gasteiger partial charge on any atom is -0.377 e. The minimum absolute atomic E-state index is 0.0177. The van der Waals surface area contributed by atoms with Crippen molar-refractivity contribution in [3.63, 3.8) is 0 Å². The number of nitrogens with one attached hydrogen (secondary N) is 1. The molecule has 11 heteroatoms. The monoisotopic (exact) mass is 545 g/mol. The Hall–Kier alpha value is -3.76. The predicted octanol–water partition coefficient (Wildman–Crippen LogP) is 4.32. The molecule has 1 unspecified atom stereocenters. The van der Waals surface area contributed by atoms with Gasteiger partial charge in [-0.15, -0.1) is 5.10 Å². The van der Waals surface area contributed by atoms with Gasteiger partial charge in [-0.1, -0.05) is 17.7 Å². The Morgan fingerprint density at radius 2 is 1.85 bits per heavy atom. The van der Waals surface area contributed by atoms with Gasteiger partial charge in [0.25, 0.3) is 5.56 Å². The first kappa shape index (κ1) is 25.5. The van der Waals surface area contributed by atoms with Crippen molar-refractivity contribution < 1.29 is 0 Å². The molecule has 1 aromatic carbocycles. The standard InChI is InChI=1S/C28H32ClN9O/c1-16-12-19(17(2)32-21-6-7-22(29)33-24(21)26-31-14-36(4)34-26)25-20(13-16)28(39)37(5)27-23(30-15-38(25)27)18-8-10-35(3)11-9-18/h6-7,12-15,17-18,32H,8-11H2,1-5H3. The third kappa shape index (κ3) is 4.47. The van der Waals surface area contributed by atoms with Gasteiger partial charge in [-0.05, 0) is 76.2 Å². The summed E-state index contributed by atoms with van der Waals surface area (Å²) in [5.74, 6) is 0.810. The van der Waals surface area contributed by atoms with Gasteiger partial charge < -0.3 is 10.2 Å². The van der Waals surface area contributed by atoms with Crippen LogP contribution < -0.4 is 10.9 Å². The van der Waals surface area contributed by atoms with Gasteiger partial charge in [0.15, 0.2) is 0 Å². The molecule has 5 aromatic rings. The van der Waals surface area contributed by atoms with Crippen molar-refractivity contribution in [2.75, 3.05) is 25.5 Å². The Kier molecular flexibility index (Phi) is 6.39. The number of benzene rings is 1. The number of likely N-dealkylation sites (tertiary alicyclic amines) is 1. The highest BCUT2D eigenvalue weighted by Crippen LogP contribution is 2.34. The number of aryl methyl sites for hydroxylation is 3. The number of fused-ring (bicyclic) bond motifs is 3. The first-order chi connectivity index (χ1) is 18.7. The molecule has 0 amide bonds. The Morgan fingerprint density at radius 3 is 2.56 bits per heavy atom. The lowest BCUT2D eigenvalue weighted by atomic mass is 9.93. The maximum atomic E-state index is 13.7. The maximum Gasteiger partial charge on any atom is 0.261 e. The number of hydrogen-bond acceptors (Lipinski definition) is 7. The van der Waals surface area contributed by atoms with Crippen LogP contribution in [0.15, 0.2) is 41.7 Å². The van der Waals surface area contributed by atoms with Gasteiger partial charge in [0, 0.05) is 20.0 Å². The van der Waals surface area contributed by atoms with Gasteiger partial charge in [-0.25, -0.2) is 15.0 Å². The van der Waals surface area contributed by atoms with Crippen LogP contribution in [-0.4, -0.2) is 58.7 Å². The van der Waals surface area contributed by atoms with E-state index >= 15 is 0 Å². The van der Waals surface area contributed by atoms with E-state index in [1.807, 2.05) is 39.5 Å². The molecule has 0 saturated carbocycles. The second-order valence-corrected chi connectivity index (χ2v) is 11.0. The first-order valence-corrected chi connectivity index (χ1v) is 13.6. The fraction of sp³-hybridized carbons (Fsp3) is 0.393. The van der Waals surface area contributed by atoms with E-state index in [2.05, 4.69) is 49.7 Å². The third-order valence-corrected chi connectivity index (χ3v) is 7.97. The number of imidazole rings is 1. The van der Waals surface area contributed by atoms with E-state index in [0.717, 1.165) is 59.6 Å². The lowest BCUT2D eigenvalue weighted by Gasteiger charge is -2.28. The van der Waals surface area contributed by atoms with E-state index < -0.39 is 0 Å². The van der Waals surface area contributed by atoms with Crippen LogP contribution in [0.25, 0.3) is 28.1 Å². The molecule has 202 valence electrons. The second kappa shape index (κ2) is 9.77. The van der Waals surface area contributed by atoms with Crippen molar-refractivity contribution >= 4 is 33.8 Å². The number of nitrogens with zero attached hydrogens (tertiary/aromatic N) is 8. The molecule has 4 aromatic heterocycles. The van der Waals surface area contributed by atoms with E-state index in [4.69, 9.17) is 16.6 Å². The van der Waals surface area contributed by atoms with Gasteiger partial charge >= 0.3 is 0 Å². The topological polar surface area (TPSA) is 98.2 Å². The number of aromatic nitrogens is 7. The molecule has 0 spiro atoms. The van der Waals surface area contributed by atoms with E-state index in [1.165, 1.54) is 0 Å². The number of halogens is 1. The van der Waals surface area contributed by atoms with E-state index in [1.54, 1.807) is 21.6 Å². The quantitative estimate of drug-likeness (QED) is 0.328. The van der Waals surface area contributed by atoms with E-state index in [9.17, 15) is 4.79 Å². The molecule has 0 radical (unpaired) electrons. The average molecular weight is 546 g/mol. The molecule has 1 N–H and O–H groups in total. The highest BCUT2D eigenvalue weighted by molar-refractivity contribution is 6.29. The molecule has 5 heterocycles. The summed E-state index contributed by atoms with van der Waals surface area (Å²) < 4.78 is 5.49. The highest BCUT2D eigenvalue weighted by Gasteiger charge is 2.26. The zero-order valence-corrected chi connectivity index (χ0v) is 23.6. The molecule has 0 bridgehead atoms. The van der Waals surface area contributed by atoms with Gasteiger partial charge in [-0.3, -0.25) is 18.4 Å². The number of piperidine rings is 1. The van der Waals surface area contributed by atoms with Crippen molar-refractivity contribution in [1.82, 2.24) is 38.6 Å². The zero-order chi connectivity index (χ0) is 27.4. The van der Waals surface area contributed by atoms with Crippen LogP contribution in [0.2, 0.25) is 5.15 Å². The van der Waals surface area contributed by atoms with Crippen LogP contribution in [-0.2, 0) is 14.1 Å². The van der Waals surface area contributed by atoms with Crippen LogP contribution in [0.5, 0.6) is 0 Å². The molecule has 0 aliphatic carbocycles. The fourth-order valence-electron chi connectivity index (χ4n) is 5.75. The molecule has 10 nitrogen and oxygen atoms in total. The van der Waals surface area contributed by atoms with E-state index in [-0.39, 0.29) is 11.6 Å². The molecule has 1 aliphatic heterocycles. The molecule has 1 atom stereocenters. The normalized spacial score (nSPS) is 15.8. The summed E-state index contributed by atoms with van der Waals surface area (Å²) in [7, 11) is 5.82. The molecular weight excluding hydrogens is 514 g/mol. The Labute approximate surface area is 231 Å². The first-order valence-electron chi connectivity index (χ1n) is 13.2. The number of hydrogen-bond donors (Lipinski definition) is 1. The van der Waals surface area contributed by atoms with Crippen LogP contribution in [0.1, 0.15) is 48.5 Å². The summed E-state index contributed by atoms with van der Waals surface area (Å²) in [4.78, 5) is 29.9. The maximum absolute atomic E-state index is 13.7. The van der Waals surface area contributed by atoms with Gasteiger partial charge in [0.1, 0.15) is 29.1 Å². The molecular formula is C28H32ClN9O. The predicted molar refractivity (Wildman–Crippen MR) is 153 cm³/mol. The number of rotatable bonds is 5. The highest BCUT2D eigenvalue weighted by atomic mass is 35.5. The summed E-state index contributed by atoms with van der Waals surface area (Å²) in [5, 5.41) is 9.05. The Bertz CT molecular complexity index is 1760. The van der Waals surface area contributed by atoms with Gasteiger partial charge in [-0.2, -0.15) is 0 Å². The van der Waals surface area contributed by atoms with Crippen LogP contribution in [0.3, 0.4) is 0 Å². The van der Waals surface area contributed by atoms with Crippen molar-refractivity contribution in [3.05, 3.63) is 69.2 Å². The van der Waals surface area contributed by atoms with Crippen molar-refractivity contribution in [3.8, 4) is 11.5 Å². The summed E-state index contributed by atoms with van der Waals surface area (Å²) in [6.07, 6.45) is 5.57. The Morgan fingerprint density at radius 1 is 1.08 bits per heavy atom. The number of pyridine rings is 1. The molecule has 1 fully saturated rings. The molecule has 6 rings (SSSR count). The SMILES string of the molecule is Cc1cc(C(C)Nc2ccc(Cl)nc2-c2ncn(C)n2)c2c(c1)c(=O)n(C)c1c(C3CCN(C)CC3)ncn21. The summed E-state index contributed by atoms with van der Waals surface area (Å²) >= 11 is 6.25. The average Bonchev–Trinajstić information content (AvgIpc) is 3.55. The third-order valence-electron chi connectivity index (χ3n) is 7.76. The van der Waals surface area contributed by atoms with Crippen molar-refractivity contribution in [2.45, 2.75) is 38.6 Å². The number of anilines is 1. The summed E-state index contributed by atoms with van der Waals surface area (Å²) in [5.41, 5.74) is 6.05. The van der Waals surface area contributed by atoms with Crippen LogP contribution in [0.4, 0.5) is 5.69 Å². The lowest BCUT2D eigenvalue weighted by Crippen LogP contribution is -2.30. The fourth-order valence-corrected chi connectivity index (χ4v) is 5.90. The molecule has 39 heavy (non-hydrogen) atoms. The van der Waals surface area contributed by atoms with Crippen LogP contribution >= 0.6 is 11.6 Å². The summed E-state index contributed by atoms with van der Waals surface area (Å²) in [6, 6.07) is 7.56. The zero-order valence-electron chi connectivity index (χ0n) is 22.8. The smallest absolute Gasteiger partial charge is 0.261 e. The lowest BCUT2D eigenvalue weighted by molar-refractivity contribution is 0.254. The van der Waals surface area contributed by atoms with Gasteiger partial charge in [0.2, 0.25) is 5.82 Å². The Balaban J connectivity index is 1.49. The van der Waals surface area contributed by atoms with Crippen molar-refractivity contribution in [2.24, 2.45) is 14.1 Å². The van der Waals surface area contributed by atoms with Gasteiger partial charge in [0.05, 0.1) is 28.3 Å².